The van der Waals surface area contributed by atoms with Gasteiger partial charge in [-0.3, -0.25) is 4.21 Å². The Morgan fingerprint density at radius 1 is 1.60 bits per heavy atom. The van der Waals surface area contributed by atoms with E-state index >= 15 is 0 Å². The SMILES string of the molecule is NCCS(=O)CC(O)CO. The topological polar surface area (TPSA) is 83.6 Å². The molecule has 0 aromatic heterocycles. The number of rotatable bonds is 5. The second-order valence-corrected chi connectivity index (χ2v) is 3.56. The Kier molecular flexibility index (Phi) is 5.81. The third-order valence-corrected chi connectivity index (χ3v) is 2.38. The lowest BCUT2D eigenvalue weighted by Crippen LogP contribution is -2.24. The van der Waals surface area contributed by atoms with Crippen molar-refractivity contribution in [2.24, 2.45) is 5.73 Å². The van der Waals surface area contributed by atoms with Gasteiger partial charge in [-0.1, -0.05) is 0 Å². The highest BCUT2D eigenvalue weighted by atomic mass is 32.2. The fourth-order valence-corrected chi connectivity index (χ4v) is 1.45. The Hall–Kier alpha value is 0.0300. The van der Waals surface area contributed by atoms with Gasteiger partial charge in [-0.2, -0.15) is 0 Å². The maximum Gasteiger partial charge on any atom is 0.0885 e. The van der Waals surface area contributed by atoms with Crippen molar-refractivity contribution < 1.29 is 14.4 Å². The highest BCUT2D eigenvalue weighted by Gasteiger charge is 2.06. The van der Waals surface area contributed by atoms with Gasteiger partial charge in [0.05, 0.1) is 18.5 Å². The van der Waals surface area contributed by atoms with Crippen molar-refractivity contribution in [3.05, 3.63) is 0 Å². The molecular weight excluding hydrogens is 154 g/mol. The maximum absolute atomic E-state index is 10.8. The van der Waals surface area contributed by atoms with Crippen LogP contribution in [0, 0.1) is 0 Å². The molecular formula is C5H13NO3S. The third-order valence-electron chi connectivity index (χ3n) is 0.935. The molecule has 0 saturated heterocycles. The summed E-state index contributed by atoms with van der Waals surface area (Å²) < 4.78 is 10.8. The highest BCUT2D eigenvalue weighted by molar-refractivity contribution is 7.85. The summed E-state index contributed by atoms with van der Waals surface area (Å²) in [5.41, 5.74) is 5.11. The van der Waals surface area contributed by atoms with Gasteiger partial charge in [0.1, 0.15) is 0 Å². The molecule has 5 heteroatoms. The van der Waals surface area contributed by atoms with Crippen LogP contribution < -0.4 is 5.73 Å². The zero-order valence-corrected chi connectivity index (χ0v) is 6.51. The van der Waals surface area contributed by atoms with E-state index in [1.807, 2.05) is 0 Å². The molecule has 0 heterocycles. The van der Waals surface area contributed by atoms with Crippen LogP contribution in [0.1, 0.15) is 0 Å². The molecule has 10 heavy (non-hydrogen) atoms. The van der Waals surface area contributed by atoms with Crippen molar-refractivity contribution in [1.29, 1.82) is 0 Å². The molecule has 0 aromatic carbocycles. The standard InChI is InChI=1S/C5H13NO3S/c6-1-2-10(9)4-5(8)3-7/h5,7-8H,1-4,6H2. The zero-order chi connectivity index (χ0) is 7.98. The molecule has 0 amide bonds. The molecule has 0 fully saturated rings. The van der Waals surface area contributed by atoms with E-state index in [0.717, 1.165) is 0 Å². The Morgan fingerprint density at radius 2 is 2.20 bits per heavy atom. The predicted molar refractivity (Wildman–Crippen MR) is 40.0 cm³/mol. The average Bonchev–Trinajstić information content (AvgIpc) is 1.88. The van der Waals surface area contributed by atoms with Crippen molar-refractivity contribution in [2.45, 2.75) is 6.10 Å². The molecule has 0 spiro atoms. The lowest BCUT2D eigenvalue weighted by atomic mass is 10.4. The number of aliphatic hydroxyl groups is 2. The summed E-state index contributed by atoms with van der Waals surface area (Å²) in [5.74, 6) is 0.505. The third kappa shape index (κ3) is 4.87. The summed E-state index contributed by atoms with van der Waals surface area (Å²) in [6, 6.07) is 0. The molecule has 0 bridgehead atoms. The van der Waals surface area contributed by atoms with Crippen LogP contribution in [-0.4, -0.2) is 45.2 Å². The van der Waals surface area contributed by atoms with E-state index in [0.29, 0.717) is 12.3 Å². The van der Waals surface area contributed by atoms with Gasteiger partial charge in [-0.05, 0) is 0 Å². The minimum absolute atomic E-state index is 0.119. The number of hydrogen-bond donors (Lipinski definition) is 3. The van der Waals surface area contributed by atoms with Gasteiger partial charge in [-0.25, -0.2) is 0 Å². The predicted octanol–water partition coefficient (Wildman–Crippen LogP) is -1.95. The maximum atomic E-state index is 10.8. The van der Waals surface area contributed by atoms with Crippen LogP contribution in [0.4, 0.5) is 0 Å². The monoisotopic (exact) mass is 167 g/mol. The minimum atomic E-state index is -1.09. The van der Waals surface area contributed by atoms with E-state index in [4.69, 9.17) is 15.9 Å². The Morgan fingerprint density at radius 3 is 2.60 bits per heavy atom. The van der Waals surface area contributed by atoms with Crippen LogP contribution in [0.2, 0.25) is 0 Å². The van der Waals surface area contributed by atoms with Crippen molar-refractivity contribution >= 4 is 10.8 Å². The van der Waals surface area contributed by atoms with Gasteiger partial charge in [0, 0.05) is 23.1 Å². The van der Waals surface area contributed by atoms with Gasteiger partial charge in [0.2, 0.25) is 0 Å². The summed E-state index contributed by atoms with van der Waals surface area (Å²) >= 11 is 0. The van der Waals surface area contributed by atoms with Gasteiger partial charge in [0.15, 0.2) is 0 Å². The van der Waals surface area contributed by atoms with E-state index in [9.17, 15) is 4.21 Å². The number of nitrogens with two attached hydrogens (primary N) is 1. The van der Waals surface area contributed by atoms with Crippen molar-refractivity contribution in [3.63, 3.8) is 0 Å². The van der Waals surface area contributed by atoms with Gasteiger partial charge in [0.25, 0.3) is 0 Å². The second-order valence-electron chi connectivity index (χ2n) is 1.94. The van der Waals surface area contributed by atoms with E-state index in [1.165, 1.54) is 0 Å². The largest absolute Gasteiger partial charge is 0.394 e. The molecule has 0 saturated carbocycles. The summed E-state index contributed by atoms with van der Waals surface area (Å²) in [5, 5.41) is 17.1. The molecule has 0 rings (SSSR count). The van der Waals surface area contributed by atoms with E-state index in [-0.39, 0.29) is 12.4 Å². The van der Waals surface area contributed by atoms with Crippen LogP contribution in [0.25, 0.3) is 0 Å². The Labute approximate surface area is 62.5 Å². The molecule has 0 aliphatic carbocycles. The molecule has 2 unspecified atom stereocenters. The average molecular weight is 167 g/mol. The summed E-state index contributed by atoms with van der Waals surface area (Å²) in [6.45, 7) is 0.0150. The Bertz CT molecular complexity index is 109. The van der Waals surface area contributed by atoms with E-state index < -0.39 is 16.9 Å². The molecule has 0 aromatic rings. The van der Waals surface area contributed by atoms with Crippen LogP contribution in [0.5, 0.6) is 0 Å². The fraction of sp³-hybridized carbons (Fsp3) is 1.00. The van der Waals surface area contributed by atoms with Crippen LogP contribution in [0.15, 0.2) is 0 Å². The molecule has 2 atom stereocenters. The van der Waals surface area contributed by atoms with Crippen LogP contribution >= 0.6 is 0 Å². The number of aliphatic hydroxyl groups excluding tert-OH is 2. The zero-order valence-electron chi connectivity index (χ0n) is 5.69. The van der Waals surface area contributed by atoms with Crippen LogP contribution in [-0.2, 0) is 10.8 Å². The van der Waals surface area contributed by atoms with E-state index in [2.05, 4.69) is 0 Å². The first-order valence-corrected chi connectivity index (χ1v) is 4.53. The van der Waals surface area contributed by atoms with Crippen molar-refractivity contribution in [1.82, 2.24) is 0 Å². The fourth-order valence-electron chi connectivity index (χ4n) is 0.482. The lowest BCUT2D eigenvalue weighted by Gasteiger charge is -2.04. The molecule has 0 radical (unpaired) electrons. The van der Waals surface area contributed by atoms with Crippen molar-refractivity contribution in [2.75, 3.05) is 24.7 Å². The van der Waals surface area contributed by atoms with Gasteiger partial charge in [-0.15, -0.1) is 0 Å². The first-order valence-electron chi connectivity index (χ1n) is 3.04. The minimum Gasteiger partial charge on any atom is -0.394 e. The molecule has 62 valence electrons. The summed E-state index contributed by atoms with van der Waals surface area (Å²) in [4.78, 5) is 0. The molecule has 4 N–H and O–H groups in total. The van der Waals surface area contributed by atoms with Gasteiger partial charge < -0.3 is 15.9 Å². The smallest absolute Gasteiger partial charge is 0.0885 e. The first kappa shape index (κ1) is 10.0. The summed E-state index contributed by atoms with van der Waals surface area (Å²) in [6.07, 6.45) is -0.868. The molecule has 0 aliphatic rings. The van der Waals surface area contributed by atoms with Crippen LogP contribution in [0.3, 0.4) is 0 Å². The number of hydrogen-bond acceptors (Lipinski definition) is 4. The lowest BCUT2D eigenvalue weighted by molar-refractivity contribution is 0.113. The van der Waals surface area contributed by atoms with Gasteiger partial charge >= 0.3 is 0 Å². The first-order chi connectivity index (χ1) is 4.70. The summed E-state index contributed by atoms with van der Waals surface area (Å²) in [7, 11) is -1.09. The molecule has 0 aliphatic heterocycles. The Balaban J connectivity index is 3.37. The second kappa shape index (κ2) is 5.79. The van der Waals surface area contributed by atoms with Crippen molar-refractivity contribution in [3.8, 4) is 0 Å². The van der Waals surface area contributed by atoms with E-state index in [1.54, 1.807) is 0 Å². The molecule has 4 nitrogen and oxygen atoms in total. The highest BCUT2D eigenvalue weighted by Crippen LogP contribution is 1.87. The quantitative estimate of drug-likeness (QED) is 0.444. The normalized spacial score (nSPS) is 16.7.